The highest BCUT2D eigenvalue weighted by atomic mass is 15.2. The molecule has 4 heterocycles. The van der Waals surface area contributed by atoms with Gasteiger partial charge in [0.1, 0.15) is 11.8 Å². The van der Waals surface area contributed by atoms with Crippen LogP contribution in [0.1, 0.15) is 24.6 Å². The third kappa shape index (κ3) is 2.86. The number of nitrogens with one attached hydrogen (secondary N) is 1. The van der Waals surface area contributed by atoms with Gasteiger partial charge < -0.3 is 14.5 Å². The fourth-order valence-corrected chi connectivity index (χ4v) is 4.05. The molecule has 1 aliphatic rings. The van der Waals surface area contributed by atoms with Crippen molar-refractivity contribution in [1.82, 2.24) is 34.4 Å². The van der Waals surface area contributed by atoms with Crippen LogP contribution >= 0.6 is 0 Å². The molecule has 8 nitrogen and oxygen atoms in total. The summed E-state index contributed by atoms with van der Waals surface area (Å²) in [6, 6.07) is 0.364. The summed E-state index contributed by atoms with van der Waals surface area (Å²) in [4.78, 5) is 25.1. The Morgan fingerprint density at radius 1 is 1.28 bits per heavy atom. The average molecular weight is 340 g/mol. The van der Waals surface area contributed by atoms with Crippen molar-refractivity contribution in [2.45, 2.75) is 18.9 Å². The largest absolute Gasteiger partial charge is 0.357 e. The van der Waals surface area contributed by atoms with Crippen LogP contribution in [0.5, 0.6) is 0 Å². The van der Waals surface area contributed by atoms with Gasteiger partial charge in [0.15, 0.2) is 11.5 Å². The molecule has 132 valence electrons. The first-order chi connectivity index (χ1) is 12.1. The molecule has 0 aliphatic carbocycles. The second-order valence-electron chi connectivity index (χ2n) is 6.94. The standard InChI is InChI=1S/C17H24N8/c1-23-6-4-5-12(15(23)13-7-18-11-25(13)3)8-24(2)17-14-16(20-9-19-14)21-10-22-17/h7,9-12,15H,4-6,8H2,1-3H3,(H,19,20,21,22)/t12-,15+/m0/s1. The first kappa shape index (κ1) is 16.0. The zero-order valence-corrected chi connectivity index (χ0v) is 14.9. The lowest BCUT2D eigenvalue weighted by molar-refractivity contribution is 0.119. The minimum atomic E-state index is 0.364. The van der Waals surface area contributed by atoms with Gasteiger partial charge >= 0.3 is 0 Å². The highest BCUT2D eigenvalue weighted by molar-refractivity contribution is 5.82. The maximum atomic E-state index is 4.48. The number of imidazole rings is 2. The molecule has 8 heteroatoms. The van der Waals surface area contributed by atoms with Crippen molar-refractivity contribution < 1.29 is 0 Å². The van der Waals surface area contributed by atoms with Crippen LogP contribution in [0.25, 0.3) is 11.2 Å². The number of H-pyrrole nitrogens is 1. The lowest BCUT2D eigenvalue weighted by atomic mass is 9.87. The number of likely N-dealkylation sites (tertiary alicyclic amines) is 1. The highest BCUT2D eigenvalue weighted by Gasteiger charge is 2.33. The lowest BCUT2D eigenvalue weighted by Crippen LogP contribution is -2.42. The van der Waals surface area contributed by atoms with Crippen molar-refractivity contribution in [1.29, 1.82) is 0 Å². The Hall–Kier alpha value is -2.48. The van der Waals surface area contributed by atoms with Gasteiger partial charge in [0.05, 0.1) is 24.4 Å². The van der Waals surface area contributed by atoms with Crippen molar-refractivity contribution in [3.05, 3.63) is 30.9 Å². The van der Waals surface area contributed by atoms with Crippen molar-refractivity contribution in [3.8, 4) is 0 Å². The van der Waals surface area contributed by atoms with E-state index in [2.05, 4.69) is 60.4 Å². The highest BCUT2D eigenvalue weighted by Crippen LogP contribution is 2.36. The number of nitrogens with zero attached hydrogens (tertiary/aromatic N) is 7. The molecule has 1 N–H and O–H groups in total. The third-order valence-corrected chi connectivity index (χ3v) is 5.24. The van der Waals surface area contributed by atoms with Gasteiger partial charge in [0.2, 0.25) is 0 Å². The minimum Gasteiger partial charge on any atom is -0.357 e. The van der Waals surface area contributed by atoms with Crippen molar-refractivity contribution >= 4 is 17.0 Å². The second-order valence-corrected chi connectivity index (χ2v) is 6.94. The van der Waals surface area contributed by atoms with Gasteiger partial charge in [-0.1, -0.05) is 0 Å². The maximum Gasteiger partial charge on any atom is 0.182 e. The fraction of sp³-hybridized carbons (Fsp3) is 0.529. The summed E-state index contributed by atoms with van der Waals surface area (Å²) >= 11 is 0. The molecule has 0 radical (unpaired) electrons. The summed E-state index contributed by atoms with van der Waals surface area (Å²) in [7, 11) is 6.38. The molecule has 0 bridgehead atoms. The summed E-state index contributed by atoms with van der Waals surface area (Å²) in [5, 5.41) is 0. The van der Waals surface area contributed by atoms with E-state index in [1.807, 2.05) is 12.5 Å². The molecule has 4 rings (SSSR count). The van der Waals surface area contributed by atoms with E-state index in [4.69, 9.17) is 0 Å². The molecule has 0 aromatic carbocycles. The van der Waals surface area contributed by atoms with E-state index >= 15 is 0 Å². The zero-order chi connectivity index (χ0) is 17.4. The molecule has 3 aromatic rings. The third-order valence-electron chi connectivity index (χ3n) is 5.24. The van der Waals surface area contributed by atoms with Crippen LogP contribution in [-0.2, 0) is 7.05 Å². The molecule has 3 aromatic heterocycles. The maximum absolute atomic E-state index is 4.48. The summed E-state index contributed by atoms with van der Waals surface area (Å²) in [5.74, 6) is 1.41. The van der Waals surface area contributed by atoms with Gasteiger partial charge in [-0.15, -0.1) is 0 Å². The van der Waals surface area contributed by atoms with Crippen LogP contribution < -0.4 is 4.90 Å². The molecule has 0 saturated carbocycles. The summed E-state index contributed by atoms with van der Waals surface area (Å²) in [6.45, 7) is 2.04. The molecule has 0 amide bonds. The van der Waals surface area contributed by atoms with Crippen LogP contribution in [0.3, 0.4) is 0 Å². The van der Waals surface area contributed by atoms with E-state index < -0.39 is 0 Å². The van der Waals surface area contributed by atoms with Gasteiger partial charge in [-0.2, -0.15) is 0 Å². The summed E-state index contributed by atoms with van der Waals surface area (Å²) < 4.78 is 2.14. The molecular weight excluding hydrogens is 316 g/mol. The first-order valence-electron chi connectivity index (χ1n) is 8.67. The quantitative estimate of drug-likeness (QED) is 0.777. The number of aromatic amines is 1. The van der Waals surface area contributed by atoms with E-state index in [1.165, 1.54) is 18.5 Å². The molecule has 0 spiro atoms. The topological polar surface area (TPSA) is 78.8 Å². The van der Waals surface area contributed by atoms with Gasteiger partial charge in [-0.3, -0.25) is 4.90 Å². The number of anilines is 1. The Morgan fingerprint density at radius 3 is 2.96 bits per heavy atom. The Kier molecular flexibility index (Phi) is 4.12. The molecule has 1 aliphatic heterocycles. The predicted octanol–water partition coefficient (Wildman–Crippen LogP) is 1.61. The zero-order valence-electron chi connectivity index (χ0n) is 14.9. The van der Waals surface area contributed by atoms with Crippen molar-refractivity contribution in [2.24, 2.45) is 13.0 Å². The van der Waals surface area contributed by atoms with Gasteiger partial charge in [-0.05, 0) is 32.4 Å². The average Bonchev–Trinajstić information content (AvgIpc) is 3.23. The second kappa shape index (κ2) is 6.44. The fourth-order valence-electron chi connectivity index (χ4n) is 4.05. The molecule has 0 unspecified atom stereocenters. The molecule has 1 fully saturated rings. The normalized spacial score (nSPS) is 21.7. The van der Waals surface area contributed by atoms with Crippen molar-refractivity contribution in [2.75, 3.05) is 32.1 Å². The molecule has 25 heavy (non-hydrogen) atoms. The van der Waals surface area contributed by atoms with E-state index in [0.717, 1.165) is 24.4 Å². The predicted molar refractivity (Wildman–Crippen MR) is 96.3 cm³/mol. The van der Waals surface area contributed by atoms with Crippen LogP contribution in [0.2, 0.25) is 0 Å². The number of hydrogen-bond acceptors (Lipinski definition) is 6. The minimum absolute atomic E-state index is 0.364. The monoisotopic (exact) mass is 340 g/mol. The van der Waals surface area contributed by atoms with E-state index in [0.29, 0.717) is 17.6 Å². The Morgan fingerprint density at radius 2 is 2.16 bits per heavy atom. The number of piperidine rings is 1. The number of aryl methyl sites for hydroxylation is 1. The lowest BCUT2D eigenvalue weighted by Gasteiger charge is -2.41. The van der Waals surface area contributed by atoms with Gasteiger partial charge in [0, 0.05) is 26.8 Å². The Bertz CT molecular complexity index is 853. The van der Waals surface area contributed by atoms with E-state index in [-0.39, 0.29) is 0 Å². The summed E-state index contributed by atoms with van der Waals surface area (Å²) in [5.41, 5.74) is 2.88. The van der Waals surface area contributed by atoms with Crippen LogP contribution in [-0.4, -0.2) is 61.6 Å². The number of hydrogen-bond donors (Lipinski definition) is 1. The number of rotatable bonds is 4. The van der Waals surface area contributed by atoms with Gasteiger partial charge in [-0.25, -0.2) is 19.9 Å². The smallest absolute Gasteiger partial charge is 0.182 e. The Balaban J connectivity index is 1.61. The number of fused-ring (bicyclic) bond motifs is 1. The van der Waals surface area contributed by atoms with Crippen LogP contribution in [0.4, 0.5) is 5.82 Å². The Labute approximate surface area is 146 Å². The van der Waals surface area contributed by atoms with Crippen molar-refractivity contribution in [3.63, 3.8) is 0 Å². The molecule has 1 saturated heterocycles. The van der Waals surface area contributed by atoms with E-state index in [1.54, 1.807) is 12.7 Å². The SMILES string of the molecule is CN(C[C@@H]1CCCN(C)[C@H]1c1cncn1C)c1ncnc2nc[nH]c12. The first-order valence-corrected chi connectivity index (χ1v) is 8.67. The van der Waals surface area contributed by atoms with Crippen LogP contribution in [0.15, 0.2) is 25.2 Å². The van der Waals surface area contributed by atoms with Crippen LogP contribution in [0, 0.1) is 5.92 Å². The summed E-state index contributed by atoms with van der Waals surface area (Å²) in [6.07, 6.45) is 9.55. The number of aromatic nitrogens is 6. The molecule has 2 atom stereocenters. The molecular formula is C17H24N8. The van der Waals surface area contributed by atoms with Gasteiger partial charge in [0.25, 0.3) is 0 Å². The van der Waals surface area contributed by atoms with E-state index in [9.17, 15) is 0 Å².